The Morgan fingerprint density at radius 1 is 1.23 bits per heavy atom. The van der Waals surface area contributed by atoms with E-state index in [9.17, 15) is 14.3 Å². The number of halogens is 1. The first-order valence-corrected chi connectivity index (χ1v) is 10.2. The number of nitriles is 1. The van der Waals surface area contributed by atoms with Gasteiger partial charge in [0, 0.05) is 18.8 Å². The highest BCUT2D eigenvalue weighted by atomic mass is 19.1. The van der Waals surface area contributed by atoms with E-state index in [-0.39, 0.29) is 12.4 Å². The summed E-state index contributed by atoms with van der Waals surface area (Å²) in [5.74, 6) is 0.359. The fourth-order valence-electron chi connectivity index (χ4n) is 3.74. The summed E-state index contributed by atoms with van der Waals surface area (Å²) < 4.78 is 13.0. The van der Waals surface area contributed by atoms with Crippen LogP contribution in [0.4, 0.5) is 14.9 Å². The first-order valence-electron chi connectivity index (χ1n) is 10.2. The largest absolute Gasteiger partial charge is 0.390 e. The number of amides is 2. The van der Waals surface area contributed by atoms with Gasteiger partial charge in [0.25, 0.3) is 0 Å². The van der Waals surface area contributed by atoms with Crippen LogP contribution in [0.2, 0.25) is 0 Å². The number of urea groups is 1. The Labute approximate surface area is 176 Å². The van der Waals surface area contributed by atoms with Crippen LogP contribution in [0.25, 0.3) is 0 Å². The Morgan fingerprint density at radius 2 is 1.97 bits per heavy atom. The second kappa shape index (κ2) is 10.7. The third-order valence-electron chi connectivity index (χ3n) is 5.36. The van der Waals surface area contributed by atoms with Crippen LogP contribution in [0.15, 0.2) is 48.5 Å². The lowest BCUT2D eigenvalue weighted by molar-refractivity contribution is 0.0902. The second-order valence-electron chi connectivity index (χ2n) is 7.76. The molecule has 158 valence electrons. The average molecular weight is 410 g/mol. The third-order valence-corrected chi connectivity index (χ3v) is 5.36. The lowest BCUT2D eigenvalue weighted by Gasteiger charge is -2.33. The van der Waals surface area contributed by atoms with Crippen LogP contribution in [0.3, 0.4) is 0 Å². The molecule has 0 spiro atoms. The van der Waals surface area contributed by atoms with Crippen molar-refractivity contribution in [1.29, 1.82) is 5.26 Å². The van der Waals surface area contributed by atoms with Gasteiger partial charge in [0.15, 0.2) is 0 Å². The number of aliphatic hydroxyl groups excluding tert-OH is 1. The lowest BCUT2D eigenvalue weighted by atomic mass is 9.90. The summed E-state index contributed by atoms with van der Waals surface area (Å²) in [6.07, 6.45) is 2.36. The summed E-state index contributed by atoms with van der Waals surface area (Å²) in [6.45, 7) is 2.46. The third kappa shape index (κ3) is 6.83. The molecule has 30 heavy (non-hydrogen) atoms. The van der Waals surface area contributed by atoms with Crippen molar-refractivity contribution in [2.24, 2.45) is 5.92 Å². The fourth-order valence-corrected chi connectivity index (χ4v) is 3.74. The van der Waals surface area contributed by atoms with Crippen LogP contribution in [-0.4, -0.2) is 48.3 Å². The molecular weight excluding hydrogens is 383 g/mol. The van der Waals surface area contributed by atoms with Crippen LogP contribution < -0.4 is 10.6 Å². The van der Waals surface area contributed by atoms with E-state index in [1.807, 2.05) is 18.2 Å². The van der Waals surface area contributed by atoms with Crippen molar-refractivity contribution in [3.8, 4) is 6.07 Å². The summed E-state index contributed by atoms with van der Waals surface area (Å²) in [6, 6.07) is 15.0. The van der Waals surface area contributed by atoms with Gasteiger partial charge in [-0.15, -0.1) is 0 Å². The van der Waals surface area contributed by atoms with Gasteiger partial charge in [-0.1, -0.05) is 18.2 Å². The van der Waals surface area contributed by atoms with Gasteiger partial charge in [-0.2, -0.15) is 5.26 Å². The predicted molar refractivity (Wildman–Crippen MR) is 113 cm³/mol. The molecule has 0 aliphatic carbocycles. The standard InChI is InChI=1S/C23H27FN4O2/c24-20-6-4-17(5-7-20)12-18-8-10-28(11-9-18)16-22(29)15-26-23(30)27-21-3-1-2-19(13-21)14-25/h1-7,13,18,22,29H,8-12,15-16H2,(H2,26,27,30)/t22-/m0/s1. The van der Waals surface area contributed by atoms with Crippen molar-refractivity contribution in [3.05, 3.63) is 65.5 Å². The van der Waals surface area contributed by atoms with Crippen molar-refractivity contribution < 1.29 is 14.3 Å². The van der Waals surface area contributed by atoms with Crippen molar-refractivity contribution in [1.82, 2.24) is 10.2 Å². The van der Waals surface area contributed by atoms with E-state index in [1.54, 1.807) is 24.3 Å². The maximum Gasteiger partial charge on any atom is 0.319 e. The van der Waals surface area contributed by atoms with Gasteiger partial charge in [0.1, 0.15) is 5.82 Å². The maximum absolute atomic E-state index is 13.0. The first kappa shape index (κ1) is 21.8. The van der Waals surface area contributed by atoms with E-state index in [0.29, 0.717) is 23.7 Å². The van der Waals surface area contributed by atoms with Gasteiger partial charge in [-0.3, -0.25) is 0 Å². The molecule has 3 rings (SSSR count). The maximum atomic E-state index is 13.0. The van der Waals surface area contributed by atoms with Gasteiger partial charge in [-0.25, -0.2) is 9.18 Å². The number of nitrogens with zero attached hydrogens (tertiary/aromatic N) is 2. The molecule has 3 N–H and O–H groups in total. The molecule has 1 aliphatic rings. The predicted octanol–water partition coefficient (Wildman–Crippen LogP) is 3.13. The SMILES string of the molecule is N#Cc1cccc(NC(=O)NC[C@H](O)CN2CCC(Cc3ccc(F)cc3)CC2)c1. The van der Waals surface area contributed by atoms with E-state index >= 15 is 0 Å². The summed E-state index contributed by atoms with van der Waals surface area (Å²) in [7, 11) is 0. The zero-order valence-electron chi connectivity index (χ0n) is 16.9. The number of β-amino-alcohol motifs (C(OH)–C–C–N with tert-alkyl or cyclic N) is 1. The highest BCUT2D eigenvalue weighted by Gasteiger charge is 2.21. The topological polar surface area (TPSA) is 88.4 Å². The minimum absolute atomic E-state index is 0.152. The van der Waals surface area contributed by atoms with Crippen LogP contribution in [0, 0.1) is 23.1 Å². The molecule has 0 bridgehead atoms. The highest BCUT2D eigenvalue weighted by Crippen LogP contribution is 2.22. The number of likely N-dealkylation sites (tertiary alicyclic amines) is 1. The number of hydrogen-bond donors (Lipinski definition) is 3. The smallest absolute Gasteiger partial charge is 0.319 e. The van der Waals surface area contributed by atoms with E-state index in [1.165, 1.54) is 12.1 Å². The molecule has 1 heterocycles. The molecule has 2 aromatic rings. The van der Waals surface area contributed by atoms with Crippen molar-refractivity contribution in [2.45, 2.75) is 25.4 Å². The van der Waals surface area contributed by atoms with Crippen molar-refractivity contribution in [3.63, 3.8) is 0 Å². The normalized spacial score (nSPS) is 15.9. The van der Waals surface area contributed by atoms with Gasteiger partial charge in [-0.05, 0) is 74.2 Å². The Morgan fingerprint density at radius 3 is 2.67 bits per heavy atom. The molecule has 1 saturated heterocycles. The van der Waals surface area contributed by atoms with Crippen LogP contribution in [0.1, 0.15) is 24.0 Å². The number of hydrogen-bond acceptors (Lipinski definition) is 4. The lowest BCUT2D eigenvalue weighted by Crippen LogP contribution is -2.44. The molecule has 0 aromatic heterocycles. The summed E-state index contributed by atoms with van der Waals surface area (Å²) in [4.78, 5) is 14.2. The number of benzene rings is 2. The number of piperidine rings is 1. The molecule has 0 saturated carbocycles. The Balaban J connectivity index is 1.34. The Bertz CT molecular complexity index is 874. The molecule has 0 unspecified atom stereocenters. The number of rotatable bonds is 7. The van der Waals surface area contributed by atoms with Gasteiger partial charge in [0.05, 0.1) is 17.7 Å². The fraction of sp³-hybridized carbons (Fsp3) is 0.391. The number of nitrogens with one attached hydrogen (secondary N) is 2. The molecular formula is C23H27FN4O2. The molecule has 0 radical (unpaired) electrons. The zero-order chi connectivity index (χ0) is 21.3. The van der Waals surface area contributed by atoms with E-state index < -0.39 is 12.1 Å². The van der Waals surface area contributed by atoms with Crippen molar-refractivity contribution in [2.75, 3.05) is 31.5 Å². The van der Waals surface area contributed by atoms with Gasteiger partial charge >= 0.3 is 6.03 Å². The summed E-state index contributed by atoms with van der Waals surface area (Å²) in [5, 5.41) is 24.5. The zero-order valence-corrected chi connectivity index (χ0v) is 16.9. The molecule has 1 fully saturated rings. The van der Waals surface area contributed by atoms with Crippen LogP contribution in [0.5, 0.6) is 0 Å². The number of carbonyl (C=O) groups is 1. The average Bonchev–Trinajstić information content (AvgIpc) is 2.75. The highest BCUT2D eigenvalue weighted by molar-refractivity contribution is 5.89. The molecule has 1 aliphatic heterocycles. The quantitative estimate of drug-likeness (QED) is 0.654. The Hall–Kier alpha value is -2.95. The second-order valence-corrected chi connectivity index (χ2v) is 7.76. The van der Waals surface area contributed by atoms with Crippen molar-refractivity contribution >= 4 is 11.7 Å². The van der Waals surface area contributed by atoms with Gasteiger partial charge in [0.2, 0.25) is 0 Å². The molecule has 2 aromatic carbocycles. The van der Waals surface area contributed by atoms with Crippen LogP contribution >= 0.6 is 0 Å². The molecule has 2 amide bonds. The number of carbonyl (C=O) groups excluding carboxylic acids is 1. The molecule has 7 heteroatoms. The van der Waals surface area contributed by atoms with Crippen LogP contribution in [-0.2, 0) is 6.42 Å². The molecule has 1 atom stereocenters. The first-order chi connectivity index (χ1) is 14.5. The monoisotopic (exact) mass is 410 g/mol. The Kier molecular flexibility index (Phi) is 7.77. The number of anilines is 1. The summed E-state index contributed by atoms with van der Waals surface area (Å²) in [5.41, 5.74) is 2.16. The van der Waals surface area contributed by atoms with E-state index in [4.69, 9.17) is 5.26 Å². The number of aliphatic hydroxyl groups is 1. The minimum Gasteiger partial charge on any atom is -0.390 e. The van der Waals surface area contributed by atoms with E-state index in [0.717, 1.165) is 37.9 Å². The van der Waals surface area contributed by atoms with Gasteiger partial charge < -0.3 is 20.6 Å². The minimum atomic E-state index is -0.658. The summed E-state index contributed by atoms with van der Waals surface area (Å²) >= 11 is 0. The van der Waals surface area contributed by atoms with E-state index in [2.05, 4.69) is 15.5 Å². The molecule has 6 nitrogen and oxygen atoms in total.